The van der Waals surface area contributed by atoms with Crippen molar-refractivity contribution in [1.29, 1.82) is 0 Å². The van der Waals surface area contributed by atoms with Gasteiger partial charge >= 0.3 is 0 Å². The molecule has 0 unspecified atom stereocenters. The third-order valence-electron chi connectivity index (χ3n) is 3.06. The standard InChI is InChI=1S/C16H18BrNO2/c1-11-4-6-14(7-5-11)18-10-12-8-13(17)9-15(19-2)16(12)20-3/h4-9,18H,10H2,1-3H3. The van der Waals surface area contributed by atoms with Crippen molar-refractivity contribution in [3.8, 4) is 11.5 Å². The van der Waals surface area contributed by atoms with E-state index in [-0.39, 0.29) is 0 Å². The Balaban J connectivity index is 2.20. The molecule has 0 atom stereocenters. The normalized spacial score (nSPS) is 10.2. The van der Waals surface area contributed by atoms with Crippen LogP contribution in [0.1, 0.15) is 11.1 Å². The van der Waals surface area contributed by atoms with Gasteiger partial charge in [-0.2, -0.15) is 0 Å². The van der Waals surface area contributed by atoms with Crippen LogP contribution in [-0.2, 0) is 6.54 Å². The molecule has 2 rings (SSSR count). The molecule has 106 valence electrons. The Morgan fingerprint density at radius 2 is 1.75 bits per heavy atom. The van der Waals surface area contributed by atoms with Crippen LogP contribution in [0.25, 0.3) is 0 Å². The first-order chi connectivity index (χ1) is 9.63. The molecular weight excluding hydrogens is 318 g/mol. The first-order valence-corrected chi connectivity index (χ1v) is 7.14. The Hall–Kier alpha value is -1.68. The van der Waals surface area contributed by atoms with E-state index < -0.39 is 0 Å². The lowest BCUT2D eigenvalue weighted by Crippen LogP contribution is -2.03. The second kappa shape index (κ2) is 6.66. The third kappa shape index (κ3) is 3.45. The fourth-order valence-electron chi connectivity index (χ4n) is 2.01. The molecule has 2 aromatic rings. The minimum atomic E-state index is 0.669. The molecule has 0 aliphatic carbocycles. The van der Waals surface area contributed by atoms with Gasteiger partial charge in [0.1, 0.15) is 0 Å². The molecular formula is C16H18BrNO2. The summed E-state index contributed by atoms with van der Waals surface area (Å²) >= 11 is 3.49. The van der Waals surface area contributed by atoms with Gasteiger partial charge in [-0.1, -0.05) is 33.6 Å². The Morgan fingerprint density at radius 1 is 1.05 bits per heavy atom. The zero-order chi connectivity index (χ0) is 14.5. The lowest BCUT2D eigenvalue weighted by Gasteiger charge is -2.14. The van der Waals surface area contributed by atoms with Crippen molar-refractivity contribution >= 4 is 21.6 Å². The lowest BCUT2D eigenvalue weighted by atomic mass is 10.1. The van der Waals surface area contributed by atoms with Crippen LogP contribution in [0.4, 0.5) is 5.69 Å². The number of benzene rings is 2. The summed E-state index contributed by atoms with van der Waals surface area (Å²) < 4.78 is 11.8. The molecule has 1 N–H and O–H groups in total. The van der Waals surface area contributed by atoms with Crippen LogP contribution in [0, 0.1) is 6.92 Å². The predicted molar refractivity (Wildman–Crippen MR) is 85.8 cm³/mol. The Morgan fingerprint density at radius 3 is 2.35 bits per heavy atom. The summed E-state index contributed by atoms with van der Waals surface area (Å²) in [6.45, 7) is 2.74. The molecule has 4 heteroatoms. The van der Waals surface area contributed by atoms with Gasteiger partial charge in [-0.3, -0.25) is 0 Å². The molecule has 0 heterocycles. The summed E-state index contributed by atoms with van der Waals surface area (Å²) in [5.41, 5.74) is 3.37. The van der Waals surface area contributed by atoms with E-state index in [1.54, 1.807) is 14.2 Å². The van der Waals surface area contributed by atoms with Gasteiger partial charge in [0.15, 0.2) is 11.5 Å². The number of methoxy groups -OCH3 is 2. The molecule has 0 saturated heterocycles. The Labute approximate surface area is 128 Å². The average molecular weight is 336 g/mol. The molecule has 0 aromatic heterocycles. The Bertz CT molecular complexity index is 582. The van der Waals surface area contributed by atoms with Gasteiger partial charge < -0.3 is 14.8 Å². The maximum absolute atomic E-state index is 5.44. The van der Waals surface area contributed by atoms with Crippen molar-refractivity contribution in [1.82, 2.24) is 0 Å². The van der Waals surface area contributed by atoms with Gasteiger partial charge in [-0.05, 0) is 31.2 Å². The predicted octanol–water partition coefficient (Wildman–Crippen LogP) is 4.39. The van der Waals surface area contributed by atoms with Gasteiger partial charge in [0.2, 0.25) is 0 Å². The fourth-order valence-corrected chi connectivity index (χ4v) is 2.49. The topological polar surface area (TPSA) is 30.5 Å². The van der Waals surface area contributed by atoms with E-state index in [1.165, 1.54) is 5.56 Å². The molecule has 0 saturated carbocycles. The van der Waals surface area contributed by atoms with Gasteiger partial charge in [0.05, 0.1) is 14.2 Å². The monoisotopic (exact) mass is 335 g/mol. The molecule has 0 fully saturated rings. The van der Waals surface area contributed by atoms with Crippen molar-refractivity contribution in [2.75, 3.05) is 19.5 Å². The van der Waals surface area contributed by atoms with E-state index in [1.807, 2.05) is 12.1 Å². The molecule has 0 radical (unpaired) electrons. The third-order valence-corrected chi connectivity index (χ3v) is 3.51. The van der Waals surface area contributed by atoms with E-state index in [9.17, 15) is 0 Å². The van der Waals surface area contributed by atoms with Crippen molar-refractivity contribution < 1.29 is 9.47 Å². The maximum atomic E-state index is 5.44. The smallest absolute Gasteiger partial charge is 0.165 e. The van der Waals surface area contributed by atoms with Gasteiger partial charge in [0.25, 0.3) is 0 Å². The summed E-state index contributed by atoms with van der Waals surface area (Å²) in [6, 6.07) is 12.2. The van der Waals surface area contributed by atoms with E-state index in [0.29, 0.717) is 6.54 Å². The molecule has 0 amide bonds. The molecule has 3 nitrogen and oxygen atoms in total. The quantitative estimate of drug-likeness (QED) is 0.879. The summed E-state index contributed by atoms with van der Waals surface area (Å²) in [5, 5.41) is 3.39. The van der Waals surface area contributed by atoms with E-state index in [2.05, 4.69) is 52.4 Å². The first kappa shape index (κ1) is 14.7. The van der Waals surface area contributed by atoms with Gasteiger partial charge in [-0.25, -0.2) is 0 Å². The second-order valence-corrected chi connectivity index (χ2v) is 5.44. The maximum Gasteiger partial charge on any atom is 0.165 e. The number of rotatable bonds is 5. The number of aryl methyl sites for hydroxylation is 1. The van der Waals surface area contributed by atoms with Crippen LogP contribution in [0.2, 0.25) is 0 Å². The summed E-state index contributed by atoms with van der Waals surface area (Å²) in [6.07, 6.45) is 0. The zero-order valence-corrected chi connectivity index (χ0v) is 13.5. The SMILES string of the molecule is COc1cc(Br)cc(CNc2ccc(C)cc2)c1OC. The highest BCUT2D eigenvalue weighted by Crippen LogP contribution is 2.34. The minimum Gasteiger partial charge on any atom is -0.493 e. The highest BCUT2D eigenvalue weighted by atomic mass is 79.9. The number of halogens is 1. The Kier molecular flexibility index (Phi) is 4.90. The summed E-state index contributed by atoms with van der Waals surface area (Å²) in [4.78, 5) is 0. The molecule has 20 heavy (non-hydrogen) atoms. The van der Waals surface area contributed by atoms with Crippen LogP contribution >= 0.6 is 15.9 Å². The van der Waals surface area contributed by atoms with Crippen molar-refractivity contribution in [2.24, 2.45) is 0 Å². The van der Waals surface area contributed by atoms with Gasteiger partial charge in [-0.15, -0.1) is 0 Å². The van der Waals surface area contributed by atoms with Crippen LogP contribution < -0.4 is 14.8 Å². The molecule has 0 aliphatic rings. The van der Waals surface area contributed by atoms with Crippen LogP contribution in [0.5, 0.6) is 11.5 Å². The summed E-state index contributed by atoms with van der Waals surface area (Å²) in [7, 11) is 3.29. The lowest BCUT2D eigenvalue weighted by molar-refractivity contribution is 0.352. The average Bonchev–Trinajstić information content (AvgIpc) is 2.46. The minimum absolute atomic E-state index is 0.669. The largest absolute Gasteiger partial charge is 0.493 e. The molecule has 2 aromatic carbocycles. The second-order valence-electron chi connectivity index (χ2n) is 4.52. The number of hydrogen-bond acceptors (Lipinski definition) is 3. The number of ether oxygens (including phenoxy) is 2. The van der Waals surface area contributed by atoms with Crippen LogP contribution in [0.15, 0.2) is 40.9 Å². The molecule has 0 spiro atoms. The number of nitrogens with one attached hydrogen (secondary N) is 1. The van der Waals surface area contributed by atoms with E-state index in [4.69, 9.17) is 9.47 Å². The molecule has 0 bridgehead atoms. The van der Waals surface area contributed by atoms with Crippen molar-refractivity contribution in [2.45, 2.75) is 13.5 Å². The van der Waals surface area contributed by atoms with Crippen molar-refractivity contribution in [3.63, 3.8) is 0 Å². The van der Waals surface area contributed by atoms with Crippen LogP contribution in [0.3, 0.4) is 0 Å². The van der Waals surface area contributed by atoms with Crippen LogP contribution in [-0.4, -0.2) is 14.2 Å². The molecule has 0 aliphatic heterocycles. The van der Waals surface area contributed by atoms with Crippen molar-refractivity contribution in [3.05, 3.63) is 52.0 Å². The van der Waals surface area contributed by atoms with E-state index in [0.717, 1.165) is 27.2 Å². The summed E-state index contributed by atoms with van der Waals surface area (Å²) in [5.74, 6) is 1.48. The zero-order valence-electron chi connectivity index (χ0n) is 11.9. The highest BCUT2D eigenvalue weighted by Gasteiger charge is 2.11. The van der Waals surface area contributed by atoms with Gasteiger partial charge in [0, 0.05) is 22.3 Å². The fraction of sp³-hybridized carbons (Fsp3) is 0.250. The highest BCUT2D eigenvalue weighted by molar-refractivity contribution is 9.10. The first-order valence-electron chi connectivity index (χ1n) is 6.35. The van der Waals surface area contributed by atoms with E-state index >= 15 is 0 Å². The number of anilines is 1. The number of hydrogen-bond donors (Lipinski definition) is 1.